The van der Waals surface area contributed by atoms with Crippen molar-refractivity contribution in [1.82, 2.24) is 4.90 Å². The number of rotatable bonds is 5. The van der Waals surface area contributed by atoms with E-state index in [2.05, 4.69) is 0 Å². The second-order valence-electron chi connectivity index (χ2n) is 5.87. The number of para-hydroxylation sites is 1. The van der Waals surface area contributed by atoms with Gasteiger partial charge in [0.15, 0.2) is 5.76 Å². The normalized spacial score (nSPS) is 10.9. The van der Waals surface area contributed by atoms with Crippen LogP contribution in [0.3, 0.4) is 0 Å². The minimum atomic E-state index is -0.156. The molecule has 0 fully saturated rings. The number of amides is 1. The molecule has 2 heterocycles. The standard InChI is InChI=1S/C21H17NO3/c23-21(20-13-17-9-4-5-11-19(17)25-20)22(15-18-10-6-12-24-18)14-16-7-2-1-3-8-16/h1-13H,14-15H2. The van der Waals surface area contributed by atoms with E-state index in [1.807, 2.05) is 66.7 Å². The second kappa shape index (κ2) is 6.69. The van der Waals surface area contributed by atoms with Crippen molar-refractivity contribution in [2.75, 3.05) is 0 Å². The van der Waals surface area contributed by atoms with Crippen molar-refractivity contribution < 1.29 is 13.6 Å². The van der Waals surface area contributed by atoms with Gasteiger partial charge in [-0.1, -0.05) is 48.5 Å². The molecule has 124 valence electrons. The topological polar surface area (TPSA) is 46.6 Å². The smallest absolute Gasteiger partial charge is 0.290 e. The van der Waals surface area contributed by atoms with Crippen molar-refractivity contribution in [1.29, 1.82) is 0 Å². The lowest BCUT2D eigenvalue weighted by molar-refractivity contribution is 0.0687. The number of benzene rings is 2. The highest BCUT2D eigenvalue weighted by Crippen LogP contribution is 2.22. The third-order valence-corrected chi connectivity index (χ3v) is 4.07. The van der Waals surface area contributed by atoms with Gasteiger partial charge in [0.05, 0.1) is 12.8 Å². The lowest BCUT2D eigenvalue weighted by Crippen LogP contribution is -2.29. The molecule has 0 saturated heterocycles. The average Bonchev–Trinajstić information content (AvgIpc) is 3.30. The Bertz CT molecular complexity index is 938. The molecule has 0 aliphatic carbocycles. The van der Waals surface area contributed by atoms with Crippen molar-refractivity contribution in [3.63, 3.8) is 0 Å². The van der Waals surface area contributed by atoms with Crippen LogP contribution in [-0.4, -0.2) is 10.8 Å². The molecule has 4 rings (SSSR count). The Morgan fingerprint density at radius 2 is 1.68 bits per heavy atom. The summed E-state index contributed by atoms with van der Waals surface area (Å²) in [7, 11) is 0. The summed E-state index contributed by atoms with van der Waals surface area (Å²) < 4.78 is 11.2. The van der Waals surface area contributed by atoms with Crippen LogP contribution >= 0.6 is 0 Å². The average molecular weight is 331 g/mol. The van der Waals surface area contributed by atoms with E-state index in [-0.39, 0.29) is 5.91 Å². The molecule has 0 unspecified atom stereocenters. The van der Waals surface area contributed by atoms with Gasteiger partial charge in [-0.15, -0.1) is 0 Å². The molecule has 2 aromatic carbocycles. The highest BCUT2D eigenvalue weighted by atomic mass is 16.3. The first-order valence-corrected chi connectivity index (χ1v) is 8.14. The summed E-state index contributed by atoms with van der Waals surface area (Å²) in [6.07, 6.45) is 1.61. The van der Waals surface area contributed by atoms with E-state index in [1.165, 1.54) is 0 Å². The zero-order valence-electron chi connectivity index (χ0n) is 13.6. The molecule has 4 aromatic rings. The van der Waals surface area contributed by atoms with E-state index in [0.29, 0.717) is 24.4 Å². The fourth-order valence-corrected chi connectivity index (χ4v) is 2.84. The van der Waals surface area contributed by atoms with Gasteiger partial charge in [0.25, 0.3) is 5.91 Å². The maximum atomic E-state index is 13.0. The van der Waals surface area contributed by atoms with Crippen LogP contribution in [0.25, 0.3) is 11.0 Å². The summed E-state index contributed by atoms with van der Waals surface area (Å²) in [5.74, 6) is 0.917. The highest BCUT2D eigenvalue weighted by Gasteiger charge is 2.21. The molecule has 2 aromatic heterocycles. The Hall–Kier alpha value is -3.27. The molecule has 4 nitrogen and oxygen atoms in total. The molecule has 0 N–H and O–H groups in total. The Balaban J connectivity index is 1.64. The fourth-order valence-electron chi connectivity index (χ4n) is 2.84. The Morgan fingerprint density at radius 3 is 2.44 bits per heavy atom. The van der Waals surface area contributed by atoms with Gasteiger partial charge in [-0.2, -0.15) is 0 Å². The number of carbonyl (C=O) groups is 1. The van der Waals surface area contributed by atoms with Gasteiger partial charge >= 0.3 is 0 Å². The van der Waals surface area contributed by atoms with Crippen molar-refractivity contribution in [2.45, 2.75) is 13.1 Å². The number of nitrogens with zero attached hydrogens (tertiary/aromatic N) is 1. The molecule has 25 heavy (non-hydrogen) atoms. The Morgan fingerprint density at radius 1 is 0.880 bits per heavy atom. The second-order valence-corrected chi connectivity index (χ2v) is 5.87. The molecule has 0 aliphatic rings. The summed E-state index contributed by atoms with van der Waals surface area (Å²) in [5.41, 5.74) is 1.77. The molecule has 1 amide bonds. The molecule has 4 heteroatoms. The third kappa shape index (κ3) is 3.33. The largest absolute Gasteiger partial charge is 0.467 e. The highest BCUT2D eigenvalue weighted by molar-refractivity contribution is 5.96. The van der Waals surface area contributed by atoms with Gasteiger partial charge in [0.1, 0.15) is 11.3 Å². The quantitative estimate of drug-likeness (QED) is 0.524. The van der Waals surface area contributed by atoms with Gasteiger partial charge < -0.3 is 13.7 Å². The van der Waals surface area contributed by atoms with Crippen LogP contribution in [0.1, 0.15) is 21.9 Å². The Kier molecular flexibility index (Phi) is 4.09. The molecular formula is C21H17NO3. The van der Waals surface area contributed by atoms with E-state index in [9.17, 15) is 4.79 Å². The number of carbonyl (C=O) groups excluding carboxylic acids is 1. The van der Waals surface area contributed by atoms with Crippen LogP contribution in [-0.2, 0) is 13.1 Å². The molecule has 0 saturated carbocycles. The first-order valence-electron chi connectivity index (χ1n) is 8.14. The lowest BCUT2D eigenvalue weighted by Gasteiger charge is -2.20. The molecule has 0 atom stereocenters. The van der Waals surface area contributed by atoms with Crippen LogP contribution in [0, 0.1) is 0 Å². The van der Waals surface area contributed by atoms with Gasteiger partial charge in [-0.25, -0.2) is 0 Å². The van der Waals surface area contributed by atoms with E-state index in [4.69, 9.17) is 8.83 Å². The maximum absolute atomic E-state index is 13.0. The third-order valence-electron chi connectivity index (χ3n) is 4.07. The van der Waals surface area contributed by atoms with Crippen LogP contribution < -0.4 is 0 Å². The maximum Gasteiger partial charge on any atom is 0.290 e. The summed E-state index contributed by atoms with van der Waals surface area (Å²) >= 11 is 0. The minimum Gasteiger partial charge on any atom is -0.467 e. The summed E-state index contributed by atoms with van der Waals surface area (Å²) in [5, 5.41) is 0.920. The van der Waals surface area contributed by atoms with Gasteiger partial charge in [0, 0.05) is 11.9 Å². The van der Waals surface area contributed by atoms with Crippen molar-refractivity contribution in [3.8, 4) is 0 Å². The van der Waals surface area contributed by atoms with E-state index in [1.54, 1.807) is 17.2 Å². The van der Waals surface area contributed by atoms with E-state index < -0.39 is 0 Å². The molecular weight excluding hydrogens is 314 g/mol. The van der Waals surface area contributed by atoms with Crippen molar-refractivity contribution >= 4 is 16.9 Å². The number of hydrogen-bond acceptors (Lipinski definition) is 3. The first kappa shape index (κ1) is 15.3. The van der Waals surface area contributed by atoms with Crippen LogP contribution in [0.4, 0.5) is 0 Å². The van der Waals surface area contributed by atoms with E-state index >= 15 is 0 Å². The van der Waals surface area contributed by atoms with E-state index in [0.717, 1.165) is 16.7 Å². The molecule has 0 radical (unpaired) electrons. The molecule has 0 bridgehead atoms. The summed E-state index contributed by atoms with van der Waals surface area (Å²) in [6, 6.07) is 23.0. The van der Waals surface area contributed by atoms with Gasteiger partial charge in [-0.3, -0.25) is 4.79 Å². The monoisotopic (exact) mass is 331 g/mol. The predicted octanol–water partition coefficient (Wildman–Crippen LogP) is 4.87. The number of furan rings is 2. The zero-order valence-corrected chi connectivity index (χ0v) is 13.6. The number of hydrogen-bond donors (Lipinski definition) is 0. The van der Waals surface area contributed by atoms with Crippen molar-refractivity contribution in [3.05, 3.63) is 96.1 Å². The van der Waals surface area contributed by atoms with Crippen molar-refractivity contribution in [2.24, 2.45) is 0 Å². The number of fused-ring (bicyclic) bond motifs is 1. The molecule has 0 spiro atoms. The van der Waals surface area contributed by atoms with Crippen LogP contribution in [0.15, 0.2) is 87.9 Å². The van der Waals surface area contributed by atoms with Crippen LogP contribution in [0.5, 0.6) is 0 Å². The lowest BCUT2D eigenvalue weighted by atomic mass is 10.2. The first-order chi connectivity index (χ1) is 12.3. The Labute approximate surface area is 145 Å². The van der Waals surface area contributed by atoms with Gasteiger partial charge in [0.2, 0.25) is 0 Å². The predicted molar refractivity (Wildman–Crippen MR) is 94.9 cm³/mol. The molecule has 0 aliphatic heterocycles. The summed E-state index contributed by atoms with van der Waals surface area (Å²) in [6.45, 7) is 0.870. The zero-order chi connectivity index (χ0) is 17.1. The summed E-state index contributed by atoms with van der Waals surface area (Å²) in [4.78, 5) is 14.8. The van der Waals surface area contributed by atoms with Crippen LogP contribution in [0.2, 0.25) is 0 Å². The minimum absolute atomic E-state index is 0.156. The fraction of sp³-hybridized carbons (Fsp3) is 0.0952. The SMILES string of the molecule is O=C(c1cc2ccccc2o1)N(Cc1ccccc1)Cc1ccco1. The van der Waals surface area contributed by atoms with Gasteiger partial charge in [-0.05, 0) is 29.8 Å².